The number of ether oxygens (including phenoxy) is 2. The van der Waals surface area contributed by atoms with Gasteiger partial charge in [0.05, 0.1) is 24.2 Å². The van der Waals surface area contributed by atoms with Gasteiger partial charge in [0, 0.05) is 24.7 Å². The summed E-state index contributed by atoms with van der Waals surface area (Å²) >= 11 is 0. The quantitative estimate of drug-likeness (QED) is 0.257. The van der Waals surface area contributed by atoms with E-state index in [2.05, 4.69) is 0 Å². The summed E-state index contributed by atoms with van der Waals surface area (Å²) in [4.78, 5) is 23.4. The monoisotopic (exact) mass is 445 g/mol. The minimum atomic E-state index is -0.505. The molecular formula is C27H31N3O3. The standard InChI is InChI=1S/C27H31N3O3/c1-27(2,3)33-24(31)20-32-18-12-11-17-30(4)23-19-28-25(21-13-7-5-8-14-21)26(29-23)22-15-9-6-10-16-22/h5-16,19H,17-18,20H2,1-4H3/b12-11-. The zero-order valence-electron chi connectivity index (χ0n) is 19.7. The third-order valence-electron chi connectivity index (χ3n) is 4.65. The molecular weight excluding hydrogens is 414 g/mol. The number of hydrogen-bond acceptors (Lipinski definition) is 6. The van der Waals surface area contributed by atoms with Gasteiger partial charge in [-0.1, -0.05) is 72.8 Å². The Balaban J connectivity index is 1.64. The normalized spacial score (nSPS) is 11.5. The summed E-state index contributed by atoms with van der Waals surface area (Å²) in [5.41, 5.74) is 3.24. The highest BCUT2D eigenvalue weighted by Crippen LogP contribution is 2.30. The van der Waals surface area contributed by atoms with Gasteiger partial charge in [0.2, 0.25) is 0 Å². The van der Waals surface area contributed by atoms with Crippen molar-refractivity contribution in [2.45, 2.75) is 26.4 Å². The Bertz CT molecular complexity index is 1060. The van der Waals surface area contributed by atoms with Crippen LogP contribution in [0, 0.1) is 0 Å². The molecule has 0 aliphatic carbocycles. The van der Waals surface area contributed by atoms with Gasteiger partial charge in [-0.2, -0.15) is 0 Å². The molecule has 0 spiro atoms. The van der Waals surface area contributed by atoms with Crippen LogP contribution in [0.5, 0.6) is 0 Å². The van der Waals surface area contributed by atoms with Crippen molar-refractivity contribution < 1.29 is 14.3 Å². The summed E-state index contributed by atoms with van der Waals surface area (Å²) in [6.45, 7) is 6.39. The van der Waals surface area contributed by atoms with Crippen LogP contribution in [0.2, 0.25) is 0 Å². The van der Waals surface area contributed by atoms with E-state index in [9.17, 15) is 4.79 Å². The number of nitrogens with zero attached hydrogens (tertiary/aromatic N) is 3. The van der Waals surface area contributed by atoms with Crippen LogP contribution in [0.25, 0.3) is 22.5 Å². The maximum atomic E-state index is 11.7. The maximum Gasteiger partial charge on any atom is 0.332 e. The minimum Gasteiger partial charge on any atom is -0.458 e. The molecule has 6 heteroatoms. The van der Waals surface area contributed by atoms with Crippen molar-refractivity contribution in [3.8, 4) is 22.5 Å². The predicted molar refractivity (Wildman–Crippen MR) is 132 cm³/mol. The van der Waals surface area contributed by atoms with Gasteiger partial charge in [0.1, 0.15) is 18.0 Å². The lowest BCUT2D eigenvalue weighted by Gasteiger charge is -2.19. The predicted octanol–water partition coefficient (Wildman–Crippen LogP) is 5.16. The molecule has 0 saturated heterocycles. The first-order valence-electron chi connectivity index (χ1n) is 11.0. The van der Waals surface area contributed by atoms with Crippen LogP contribution in [-0.4, -0.2) is 48.3 Å². The van der Waals surface area contributed by atoms with E-state index < -0.39 is 5.60 Å². The molecule has 0 bridgehead atoms. The Kier molecular flexibility index (Phi) is 8.33. The lowest BCUT2D eigenvalue weighted by atomic mass is 10.0. The zero-order valence-corrected chi connectivity index (χ0v) is 19.7. The lowest BCUT2D eigenvalue weighted by molar-refractivity contribution is -0.159. The molecule has 0 unspecified atom stereocenters. The highest BCUT2D eigenvalue weighted by molar-refractivity contribution is 5.78. The minimum absolute atomic E-state index is 0.0652. The summed E-state index contributed by atoms with van der Waals surface area (Å²) in [5, 5.41) is 0. The van der Waals surface area contributed by atoms with Crippen LogP contribution < -0.4 is 4.90 Å². The Morgan fingerprint density at radius 2 is 1.55 bits per heavy atom. The van der Waals surface area contributed by atoms with Crippen molar-refractivity contribution in [1.82, 2.24) is 9.97 Å². The highest BCUT2D eigenvalue weighted by Gasteiger charge is 2.16. The van der Waals surface area contributed by atoms with E-state index in [0.29, 0.717) is 13.2 Å². The molecule has 0 atom stereocenters. The molecule has 1 heterocycles. The van der Waals surface area contributed by atoms with Crippen LogP contribution in [0.1, 0.15) is 20.8 Å². The highest BCUT2D eigenvalue weighted by atomic mass is 16.6. The SMILES string of the molecule is CN(C/C=C\COCC(=O)OC(C)(C)C)c1cnc(-c2ccccc2)c(-c2ccccc2)n1. The summed E-state index contributed by atoms with van der Waals surface area (Å²) in [6, 6.07) is 20.2. The van der Waals surface area contributed by atoms with Crippen molar-refractivity contribution in [2.24, 2.45) is 0 Å². The molecule has 0 N–H and O–H groups in total. The number of esters is 1. The van der Waals surface area contributed by atoms with Gasteiger partial charge >= 0.3 is 5.97 Å². The van der Waals surface area contributed by atoms with Gasteiger partial charge < -0.3 is 14.4 Å². The summed E-state index contributed by atoms with van der Waals surface area (Å²) in [6.07, 6.45) is 5.65. The topological polar surface area (TPSA) is 64.5 Å². The average Bonchev–Trinajstić information content (AvgIpc) is 2.81. The van der Waals surface area contributed by atoms with Gasteiger partial charge in [-0.15, -0.1) is 0 Å². The second kappa shape index (κ2) is 11.4. The van der Waals surface area contributed by atoms with E-state index >= 15 is 0 Å². The lowest BCUT2D eigenvalue weighted by Crippen LogP contribution is -2.26. The largest absolute Gasteiger partial charge is 0.458 e. The van der Waals surface area contributed by atoms with Crippen LogP contribution in [0.3, 0.4) is 0 Å². The van der Waals surface area contributed by atoms with Crippen molar-refractivity contribution in [2.75, 3.05) is 31.7 Å². The average molecular weight is 446 g/mol. The second-order valence-corrected chi connectivity index (χ2v) is 8.61. The fourth-order valence-electron chi connectivity index (χ4n) is 3.14. The molecule has 1 aromatic heterocycles. The number of likely N-dealkylation sites (N-methyl/N-ethyl adjacent to an activating group) is 1. The molecule has 6 nitrogen and oxygen atoms in total. The van der Waals surface area contributed by atoms with Crippen LogP contribution >= 0.6 is 0 Å². The van der Waals surface area contributed by atoms with Crippen molar-refractivity contribution >= 4 is 11.8 Å². The van der Waals surface area contributed by atoms with E-state index in [1.54, 1.807) is 6.20 Å². The van der Waals surface area contributed by atoms with Gasteiger partial charge in [-0.3, -0.25) is 4.98 Å². The molecule has 0 radical (unpaired) electrons. The number of rotatable bonds is 9. The van der Waals surface area contributed by atoms with Gasteiger partial charge in [0.15, 0.2) is 0 Å². The molecule has 33 heavy (non-hydrogen) atoms. The molecule has 3 rings (SSSR count). The van der Waals surface area contributed by atoms with E-state index in [0.717, 1.165) is 28.3 Å². The molecule has 3 aromatic rings. The first kappa shape index (κ1) is 24.1. The Morgan fingerprint density at radius 1 is 0.939 bits per heavy atom. The number of anilines is 1. The van der Waals surface area contributed by atoms with Crippen LogP contribution in [0.15, 0.2) is 79.0 Å². The Hall–Kier alpha value is -3.51. The number of carbonyl (C=O) groups excluding carboxylic acids is 1. The number of hydrogen-bond donors (Lipinski definition) is 0. The molecule has 2 aromatic carbocycles. The number of carbonyl (C=O) groups is 1. The Morgan fingerprint density at radius 3 is 2.15 bits per heavy atom. The molecule has 0 aliphatic rings. The molecule has 0 saturated carbocycles. The first-order valence-corrected chi connectivity index (χ1v) is 11.0. The summed E-state index contributed by atoms with van der Waals surface area (Å²) in [5.74, 6) is 0.406. The van der Waals surface area contributed by atoms with Gasteiger partial charge in [-0.05, 0) is 20.8 Å². The van der Waals surface area contributed by atoms with Crippen molar-refractivity contribution in [3.63, 3.8) is 0 Å². The number of aromatic nitrogens is 2. The van der Waals surface area contributed by atoms with Crippen molar-refractivity contribution in [3.05, 3.63) is 79.0 Å². The second-order valence-electron chi connectivity index (χ2n) is 8.61. The summed E-state index contributed by atoms with van der Waals surface area (Å²) in [7, 11) is 1.97. The fourth-order valence-corrected chi connectivity index (χ4v) is 3.14. The third kappa shape index (κ3) is 7.54. The molecule has 0 fully saturated rings. The van der Waals surface area contributed by atoms with Gasteiger partial charge in [0.25, 0.3) is 0 Å². The van der Waals surface area contributed by atoms with E-state index in [1.165, 1.54) is 0 Å². The Labute approximate surface area is 195 Å². The number of benzene rings is 2. The molecule has 0 amide bonds. The molecule has 0 aliphatic heterocycles. The maximum absolute atomic E-state index is 11.7. The third-order valence-corrected chi connectivity index (χ3v) is 4.65. The fraction of sp³-hybridized carbons (Fsp3) is 0.296. The summed E-state index contributed by atoms with van der Waals surface area (Å²) < 4.78 is 10.6. The van der Waals surface area contributed by atoms with E-state index in [-0.39, 0.29) is 12.6 Å². The first-order chi connectivity index (χ1) is 15.8. The zero-order chi connectivity index (χ0) is 23.7. The van der Waals surface area contributed by atoms with Gasteiger partial charge in [-0.25, -0.2) is 9.78 Å². The van der Waals surface area contributed by atoms with Crippen LogP contribution in [-0.2, 0) is 14.3 Å². The van der Waals surface area contributed by atoms with Crippen molar-refractivity contribution in [1.29, 1.82) is 0 Å². The van der Waals surface area contributed by atoms with E-state index in [1.807, 2.05) is 106 Å². The van der Waals surface area contributed by atoms with E-state index in [4.69, 9.17) is 19.4 Å². The smallest absolute Gasteiger partial charge is 0.332 e. The van der Waals surface area contributed by atoms with Crippen LogP contribution in [0.4, 0.5) is 5.82 Å². The molecule has 172 valence electrons.